The van der Waals surface area contributed by atoms with Gasteiger partial charge in [0, 0.05) is 45.3 Å². The van der Waals surface area contributed by atoms with Crippen LogP contribution < -0.4 is 0 Å². The molecule has 150 valence electrons. The molecule has 29 heavy (non-hydrogen) atoms. The van der Waals surface area contributed by atoms with E-state index in [9.17, 15) is 9.18 Å². The van der Waals surface area contributed by atoms with Crippen LogP contribution in [0.15, 0.2) is 54.6 Å². The number of aromatic nitrogens is 2. The number of piperazine rings is 1. The monoisotopic (exact) mass is 392 g/mol. The quantitative estimate of drug-likeness (QED) is 0.683. The molecule has 0 bridgehead atoms. The van der Waals surface area contributed by atoms with Crippen LogP contribution >= 0.6 is 0 Å². The maximum absolute atomic E-state index is 13.6. The molecule has 0 unspecified atom stereocenters. The average Bonchev–Trinajstić information content (AvgIpc) is 3.12. The first-order valence-electron chi connectivity index (χ1n) is 9.87. The minimum atomic E-state index is -0.236. The lowest BCUT2D eigenvalue weighted by atomic mass is 10.1. The fourth-order valence-electron chi connectivity index (χ4n) is 3.76. The first kappa shape index (κ1) is 19.3. The van der Waals surface area contributed by atoms with Crippen LogP contribution in [0.3, 0.4) is 0 Å². The summed E-state index contributed by atoms with van der Waals surface area (Å²) in [5.74, 6) is -0.286. The van der Waals surface area contributed by atoms with Crippen molar-refractivity contribution in [1.82, 2.24) is 19.6 Å². The van der Waals surface area contributed by atoms with Gasteiger partial charge in [0.15, 0.2) is 5.69 Å². The van der Waals surface area contributed by atoms with Crippen molar-refractivity contribution in [2.24, 2.45) is 7.05 Å². The molecule has 1 amide bonds. The summed E-state index contributed by atoms with van der Waals surface area (Å²) in [6, 6.07) is 17.1. The third-order valence-corrected chi connectivity index (χ3v) is 5.46. The highest BCUT2D eigenvalue weighted by atomic mass is 19.1. The van der Waals surface area contributed by atoms with Crippen LogP contribution in [0, 0.1) is 12.7 Å². The molecule has 1 aliphatic rings. The first-order valence-corrected chi connectivity index (χ1v) is 9.87. The number of aryl methyl sites for hydroxylation is 2. The molecule has 0 saturated carbocycles. The molecule has 5 nitrogen and oxygen atoms in total. The number of hydrogen-bond acceptors (Lipinski definition) is 3. The SMILES string of the molecule is Cc1cc(-c2cc(C(=O)N3CCN(Cc4ccccc4)CC3)nn2C)ccc1F. The lowest BCUT2D eigenvalue weighted by molar-refractivity contribution is 0.0622. The van der Waals surface area contributed by atoms with Crippen LogP contribution in [0.1, 0.15) is 21.6 Å². The van der Waals surface area contributed by atoms with Gasteiger partial charge in [-0.1, -0.05) is 30.3 Å². The maximum atomic E-state index is 13.6. The van der Waals surface area contributed by atoms with E-state index in [0.717, 1.165) is 30.9 Å². The molecule has 3 aromatic rings. The van der Waals surface area contributed by atoms with E-state index in [1.54, 1.807) is 29.8 Å². The third kappa shape index (κ3) is 4.22. The molecule has 2 aromatic carbocycles. The van der Waals surface area contributed by atoms with Crippen molar-refractivity contribution in [2.75, 3.05) is 26.2 Å². The Morgan fingerprint density at radius 3 is 2.45 bits per heavy atom. The number of benzene rings is 2. The number of amides is 1. The van der Waals surface area contributed by atoms with Gasteiger partial charge in [-0.15, -0.1) is 0 Å². The van der Waals surface area contributed by atoms with Gasteiger partial charge in [0.2, 0.25) is 0 Å². The minimum Gasteiger partial charge on any atom is -0.335 e. The van der Waals surface area contributed by atoms with Crippen molar-refractivity contribution in [3.05, 3.63) is 77.2 Å². The maximum Gasteiger partial charge on any atom is 0.274 e. The molecule has 0 aliphatic carbocycles. The predicted octanol–water partition coefficient (Wildman–Crippen LogP) is 3.49. The highest BCUT2D eigenvalue weighted by Gasteiger charge is 2.24. The smallest absolute Gasteiger partial charge is 0.274 e. The Labute approximate surface area is 170 Å². The van der Waals surface area contributed by atoms with E-state index < -0.39 is 0 Å². The molecule has 6 heteroatoms. The van der Waals surface area contributed by atoms with Crippen LogP contribution in [0.2, 0.25) is 0 Å². The Morgan fingerprint density at radius 1 is 1.03 bits per heavy atom. The van der Waals surface area contributed by atoms with Crippen LogP contribution in [-0.2, 0) is 13.6 Å². The van der Waals surface area contributed by atoms with E-state index in [1.807, 2.05) is 18.0 Å². The molecule has 1 saturated heterocycles. The molecule has 1 aliphatic heterocycles. The molecule has 0 atom stereocenters. The Balaban J connectivity index is 1.42. The summed E-state index contributed by atoms with van der Waals surface area (Å²) < 4.78 is 15.3. The normalized spacial score (nSPS) is 14.9. The largest absolute Gasteiger partial charge is 0.335 e. The second kappa shape index (κ2) is 8.17. The van der Waals surface area contributed by atoms with Gasteiger partial charge in [-0.2, -0.15) is 5.10 Å². The fourth-order valence-corrected chi connectivity index (χ4v) is 3.76. The van der Waals surface area contributed by atoms with Crippen molar-refractivity contribution in [3.63, 3.8) is 0 Å². The molecule has 2 heterocycles. The number of halogens is 1. The average molecular weight is 392 g/mol. The van der Waals surface area contributed by atoms with E-state index in [2.05, 4.69) is 34.3 Å². The van der Waals surface area contributed by atoms with Gasteiger partial charge in [-0.25, -0.2) is 4.39 Å². The highest BCUT2D eigenvalue weighted by Crippen LogP contribution is 2.23. The molecular formula is C23H25FN4O. The molecule has 0 N–H and O–H groups in total. The Kier molecular flexibility index (Phi) is 5.45. The predicted molar refractivity (Wildman–Crippen MR) is 111 cm³/mol. The second-order valence-electron chi connectivity index (χ2n) is 7.56. The summed E-state index contributed by atoms with van der Waals surface area (Å²) in [6.45, 7) is 5.70. The zero-order valence-corrected chi connectivity index (χ0v) is 16.8. The standard InChI is InChI=1S/C23H25FN4O/c1-17-14-19(8-9-20(17)24)22-15-21(25-26(22)2)23(29)28-12-10-27(11-13-28)16-18-6-4-3-5-7-18/h3-9,14-15H,10-13,16H2,1-2H3. The summed E-state index contributed by atoms with van der Waals surface area (Å²) in [4.78, 5) is 17.2. The summed E-state index contributed by atoms with van der Waals surface area (Å²) >= 11 is 0. The Bertz CT molecular complexity index is 1010. The van der Waals surface area contributed by atoms with Gasteiger partial charge >= 0.3 is 0 Å². The van der Waals surface area contributed by atoms with Crippen LogP contribution in [0.5, 0.6) is 0 Å². The fraction of sp³-hybridized carbons (Fsp3) is 0.304. The van der Waals surface area contributed by atoms with Crippen molar-refractivity contribution in [2.45, 2.75) is 13.5 Å². The number of hydrogen-bond donors (Lipinski definition) is 0. The van der Waals surface area contributed by atoms with Gasteiger partial charge < -0.3 is 4.90 Å². The minimum absolute atomic E-state index is 0.0509. The molecule has 0 spiro atoms. The van der Waals surface area contributed by atoms with Crippen molar-refractivity contribution < 1.29 is 9.18 Å². The zero-order chi connectivity index (χ0) is 20.4. The van der Waals surface area contributed by atoms with E-state index in [4.69, 9.17) is 0 Å². The molecule has 1 fully saturated rings. The summed E-state index contributed by atoms with van der Waals surface area (Å²) in [7, 11) is 1.81. The third-order valence-electron chi connectivity index (χ3n) is 5.46. The van der Waals surface area contributed by atoms with E-state index in [-0.39, 0.29) is 11.7 Å². The summed E-state index contributed by atoms with van der Waals surface area (Å²) in [5, 5.41) is 4.42. The molecule has 1 aromatic heterocycles. The molecule has 0 radical (unpaired) electrons. The van der Waals surface area contributed by atoms with Crippen molar-refractivity contribution in [3.8, 4) is 11.3 Å². The number of rotatable bonds is 4. The van der Waals surface area contributed by atoms with Gasteiger partial charge in [0.25, 0.3) is 5.91 Å². The first-order chi connectivity index (χ1) is 14.0. The van der Waals surface area contributed by atoms with Gasteiger partial charge in [-0.3, -0.25) is 14.4 Å². The Hall–Kier alpha value is -2.99. The second-order valence-corrected chi connectivity index (χ2v) is 7.56. The topological polar surface area (TPSA) is 41.4 Å². The molecule has 4 rings (SSSR count). The summed E-state index contributed by atoms with van der Waals surface area (Å²) in [5.41, 5.74) is 3.95. The lowest BCUT2D eigenvalue weighted by Crippen LogP contribution is -2.48. The van der Waals surface area contributed by atoms with E-state index in [1.165, 1.54) is 11.6 Å². The van der Waals surface area contributed by atoms with Crippen LogP contribution in [0.25, 0.3) is 11.3 Å². The zero-order valence-electron chi connectivity index (χ0n) is 16.8. The molecular weight excluding hydrogens is 367 g/mol. The number of carbonyl (C=O) groups excluding carboxylic acids is 1. The van der Waals surface area contributed by atoms with E-state index in [0.29, 0.717) is 24.3 Å². The summed E-state index contributed by atoms with van der Waals surface area (Å²) in [6.07, 6.45) is 0. The highest BCUT2D eigenvalue weighted by molar-refractivity contribution is 5.93. The van der Waals surface area contributed by atoms with Crippen LogP contribution in [-0.4, -0.2) is 51.7 Å². The Morgan fingerprint density at radius 2 is 1.76 bits per heavy atom. The number of carbonyl (C=O) groups is 1. The van der Waals surface area contributed by atoms with Gasteiger partial charge in [0.1, 0.15) is 5.82 Å². The number of nitrogens with zero attached hydrogens (tertiary/aromatic N) is 4. The van der Waals surface area contributed by atoms with E-state index >= 15 is 0 Å². The van der Waals surface area contributed by atoms with Gasteiger partial charge in [-0.05, 0) is 42.3 Å². The lowest BCUT2D eigenvalue weighted by Gasteiger charge is -2.34. The van der Waals surface area contributed by atoms with Crippen LogP contribution in [0.4, 0.5) is 4.39 Å². The van der Waals surface area contributed by atoms with Crippen molar-refractivity contribution in [1.29, 1.82) is 0 Å². The van der Waals surface area contributed by atoms with Crippen molar-refractivity contribution >= 4 is 5.91 Å². The van der Waals surface area contributed by atoms with Gasteiger partial charge in [0.05, 0.1) is 5.69 Å².